The lowest BCUT2D eigenvalue weighted by Crippen LogP contribution is -2.34. The van der Waals surface area contributed by atoms with E-state index in [1.165, 1.54) is 0 Å². The monoisotopic (exact) mass is 352 g/mol. The predicted molar refractivity (Wildman–Crippen MR) is 96.1 cm³/mol. The molecular formula is C18H20N6O2. The number of nitrogens with one attached hydrogen (secondary N) is 2. The second kappa shape index (κ2) is 6.81. The van der Waals surface area contributed by atoms with Crippen LogP contribution in [0, 0.1) is 12.8 Å². The van der Waals surface area contributed by atoms with Crippen LogP contribution in [0.5, 0.6) is 0 Å². The fourth-order valence-electron chi connectivity index (χ4n) is 3.29. The normalized spacial score (nSPS) is 19.8. The number of benzene rings is 1. The van der Waals surface area contributed by atoms with Crippen LogP contribution in [0.1, 0.15) is 16.2 Å². The number of carbonyl (C=O) groups excluding carboxylic acids is 1. The van der Waals surface area contributed by atoms with Gasteiger partial charge in [0.05, 0.1) is 17.5 Å². The van der Waals surface area contributed by atoms with Crippen molar-refractivity contribution < 1.29 is 9.90 Å². The molecule has 4 rings (SSSR count). The summed E-state index contributed by atoms with van der Waals surface area (Å²) in [6.07, 6.45) is 3.09. The molecule has 3 heterocycles. The Kier molecular flexibility index (Phi) is 4.36. The fourth-order valence-corrected chi connectivity index (χ4v) is 3.29. The number of rotatable bonds is 4. The summed E-state index contributed by atoms with van der Waals surface area (Å²) in [7, 11) is 0. The van der Waals surface area contributed by atoms with Crippen molar-refractivity contribution >= 4 is 16.7 Å². The minimum atomic E-state index is -0.434. The Balaban J connectivity index is 1.59. The second-order valence-electron chi connectivity index (χ2n) is 6.50. The summed E-state index contributed by atoms with van der Waals surface area (Å²) in [5.41, 5.74) is 1.80. The average molecular weight is 352 g/mol. The molecule has 1 aromatic carbocycles. The summed E-state index contributed by atoms with van der Waals surface area (Å²) in [6, 6.07) is 7.76. The molecule has 134 valence electrons. The topological polar surface area (TPSA) is 105 Å². The molecule has 0 saturated carbocycles. The Morgan fingerprint density at radius 2 is 2.27 bits per heavy atom. The van der Waals surface area contributed by atoms with Crippen molar-refractivity contribution in [3.05, 3.63) is 48.0 Å². The van der Waals surface area contributed by atoms with Crippen LogP contribution in [0.15, 0.2) is 36.7 Å². The van der Waals surface area contributed by atoms with Gasteiger partial charge in [0, 0.05) is 48.7 Å². The first kappa shape index (κ1) is 16.6. The van der Waals surface area contributed by atoms with E-state index in [1.54, 1.807) is 17.1 Å². The number of hydrogen-bond acceptors (Lipinski definition) is 6. The first-order chi connectivity index (χ1) is 12.6. The van der Waals surface area contributed by atoms with Gasteiger partial charge in [-0.15, -0.1) is 5.10 Å². The van der Waals surface area contributed by atoms with E-state index < -0.39 is 6.10 Å². The Labute approximate surface area is 150 Å². The van der Waals surface area contributed by atoms with Crippen molar-refractivity contribution in [3.8, 4) is 5.69 Å². The van der Waals surface area contributed by atoms with Gasteiger partial charge in [-0.1, -0.05) is 17.3 Å². The Hall–Kier alpha value is -2.84. The van der Waals surface area contributed by atoms with Gasteiger partial charge in [0.1, 0.15) is 0 Å². The molecule has 8 heteroatoms. The first-order valence-corrected chi connectivity index (χ1v) is 8.57. The molecule has 0 aliphatic carbocycles. The van der Waals surface area contributed by atoms with Crippen molar-refractivity contribution in [2.24, 2.45) is 5.92 Å². The molecule has 0 spiro atoms. The fraction of sp³-hybridized carbons (Fsp3) is 0.333. The van der Waals surface area contributed by atoms with E-state index in [-0.39, 0.29) is 17.5 Å². The molecule has 1 aliphatic heterocycles. The molecular weight excluding hydrogens is 332 g/mol. The molecule has 2 aromatic heterocycles. The van der Waals surface area contributed by atoms with Crippen LogP contribution < -0.4 is 10.6 Å². The highest BCUT2D eigenvalue weighted by Gasteiger charge is 2.26. The SMILES string of the molecule is Cc1c(C(=O)NCC2CNCC2O)nnn1-c1cccc2cnccc12. The number of aliphatic hydroxyl groups is 1. The molecule has 0 bridgehead atoms. The predicted octanol–water partition coefficient (Wildman–Crippen LogP) is 0.434. The van der Waals surface area contributed by atoms with Gasteiger partial charge < -0.3 is 15.7 Å². The summed E-state index contributed by atoms with van der Waals surface area (Å²) in [4.78, 5) is 16.6. The molecule has 26 heavy (non-hydrogen) atoms. The highest BCUT2D eigenvalue weighted by Crippen LogP contribution is 2.22. The summed E-state index contributed by atoms with van der Waals surface area (Å²) in [5, 5.41) is 26.0. The van der Waals surface area contributed by atoms with Crippen molar-refractivity contribution in [3.63, 3.8) is 0 Å². The maximum absolute atomic E-state index is 12.5. The van der Waals surface area contributed by atoms with Crippen molar-refractivity contribution in [1.29, 1.82) is 0 Å². The number of aromatic nitrogens is 4. The molecule has 1 saturated heterocycles. The van der Waals surface area contributed by atoms with Crippen LogP contribution in [0.3, 0.4) is 0 Å². The minimum absolute atomic E-state index is 0.0138. The summed E-state index contributed by atoms with van der Waals surface area (Å²) in [6.45, 7) is 3.48. The van der Waals surface area contributed by atoms with E-state index in [0.717, 1.165) is 16.5 Å². The molecule has 0 radical (unpaired) electrons. The van der Waals surface area contributed by atoms with E-state index in [0.29, 0.717) is 25.3 Å². The second-order valence-corrected chi connectivity index (χ2v) is 6.50. The lowest BCUT2D eigenvalue weighted by Gasteiger charge is -2.13. The Bertz CT molecular complexity index is 949. The number of fused-ring (bicyclic) bond motifs is 1. The first-order valence-electron chi connectivity index (χ1n) is 8.57. The molecule has 2 unspecified atom stereocenters. The summed E-state index contributed by atoms with van der Waals surface area (Å²) < 4.78 is 1.67. The number of amides is 1. The van der Waals surface area contributed by atoms with Gasteiger partial charge in [-0.2, -0.15) is 0 Å². The zero-order valence-corrected chi connectivity index (χ0v) is 14.4. The van der Waals surface area contributed by atoms with E-state index in [4.69, 9.17) is 0 Å². The summed E-state index contributed by atoms with van der Waals surface area (Å²) in [5.74, 6) is -0.269. The van der Waals surface area contributed by atoms with Gasteiger partial charge in [-0.05, 0) is 19.1 Å². The lowest BCUT2D eigenvalue weighted by atomic mass is 10.1. The minimum Gasteiger partial charge on any atom is -0.391 e. The zero-order valence-electron chi connectivity index (χ0n) is 14.4. The third kappa shape index (κ3) is 2.93. The van der Waals surface area contributed by atoms with Crippen LogP contribution in [0.25, 0.3) is 16.5 Å². The van der Waals surface area contributed by atoms with Crippen LogP contribution in [0.4, 0.5) is 0 Å². The largest absolute Gasteiger partial charge is 0.391 e. The van der Waals surface area contributed by atoms with Gasteiger partial charge >= 0.3 is 0 Å². The number of pyridine rings is 1. The lowest BCUT2D eigenvalue weighted by molar-refractivity contribution is 0.0921. The molecule has 8 nitrogen and oxygen atoms in total. The van der Waals surface area contributed by atoms with E-state index >= 15 is 0 Å². The van der Waals surface area contributed by atoms with Gasteiger partial charge in [0.2, 0.25) is 0 Å². The van der Waals surface area contributed by atoms with Crippen molar-refractivity contribution in [2.45, 2.75) is 13.0 Å². The van der Waals surface area contributed by atoms with Gasteiger partial charge in [0.25, 0.3) is 5.91 Å². The Morgan fingerprint density at radius 1 is 1.38 bits per heavy atom. The molecule has 1 aliphatic rings. The standard InChI is InChI=1S/C18H20N6O2/c1-11-17(18(26)21-9-13-8-20-10-16(13)25)22-23-24(11)15-4-2-3-12-7-19-6-5-14(12)15/h2-7,13,16,20,25H,8-10H2,1H3,(H,21,26). The molecule has 3 N–H and O–H groups in total. The summed E-state index contributed by atoms with van der Waals surface area (Å²) >= 11 is 0. The van der Waals surface area contributed by atoms with E-state index in [9.17, 15) is 9.90 Å². The van der Waals surface area contributed by atoms with Crippen molar-refractivity contribution in [2.75, 3.05) is 19.6 Å². The van der Waals surface area contributed by atoms with Gasteiger partial charge in [-0.3, -0.25) is 9.78 Å². The number of aliphatic hydroxyl groups excluding tert-OH is 1. The molecule has 1 amide bonds. The number of hydrogen-bond donors (Lipinski definition) is 3. The number of nitrogens with zero attached hydrogens (tertiary/aromatic N) is 4. The highest BCUT2D eigenvalue weighted by molar-refractivity contribution is 5.94. The third-order valence-corrected chi connectivity index (χ3v) is 4.82. The average Bonchev–Trinajstić information content (AvgIpc) is 3.24. The van der Waals surface area contributed by atoms with Crippen LogP contribution in [-0.4, -0.2) is 56.7 Å². The Morgan fingerprint density at radius 3 is 3.08 bits per heavy atom. The molecule has 2 atom stereocenters. The van der Waals surface area contributed by atoms with Crippen molar-refractivity contribution in [1.82, 2.24) is 30.6 Å². The van der Waals surface area contributed by atoms with E-state index in [1.807, 2.05) is 31.2 Å². The third-order valence-electron chi connectivity index (χ3n) is 4.82. The maximum atomic E-state index is 12.5. The van der Waals surface area contributed by atoms with Crippen LogP contribution >= 0.6 is 0 Å². The van der Waals surface area contributed by atoms with Crippen LogP contribution in [0.2, 0.25) is 0 Å². The van der Waals surface area contributed by atoms with Crippen LogP contribution in [-0.2, 0) is 0 Å². The van der Waals surface area contributed by atoms with Gasteiger partial charge in [0.15, 0.2) is 5.69 Å². The maximum Gasteiger partial charge on any atom is 0.273 e. The number of carbonyl (C=O) groups is 1. The molecule has 3 aromatic rings. The zero-order chi connectivity index (χ0) is 18.1. The number of β-amino-alcohol motifs (C(OH)–C–C–N with tert-alkyl or cyclic N) is 1. The molecule has 1 fully saturated rings. The smallest absolute Gasteiger partial charge is 0.273 e. The highest BCUT2D eigenvalue weighted by atomic mass is 16.3. The quantitative estimate of drug-likeness (QED) is 0.629. The van der Waals surface area contributed by atoms with Gasteiger partial charge in [-0.25, -0.2) is 4.68 Å². The van der Waals surface area contributed by atoms with E-state index in [2.05, 4.69) is 25.9 Å².